The van der Waals surface area contributed by atoms with Crippen LogP contribution in [0.2, 0.25) is 0 Å². The molecule has 2 nitrogen and oxygen atoms in total. The molecule has 1 heterocycles. The van der Waals surface area contributed by atoms with Gasteiger partial charge in [0.2, 0.25) is 5.43 Å². The van der Waals surface area contributed by atoms with Gasteiger partial charge >= 0.3 is 0 Å². The minimum absolute atomic E-state index is 0.0111. The molecule has 0 spiro atoms. The zero-order chi connectivity index (χ0) is 28.1. The molecule has 0 N–H and O–H groups in total. The third-order valence-electron chi connectivity index (χ3n) is 7.80. The van der Waals surface area contributed by atoms with Gasteiger partial charge in [-0.1, -0.05) is 140 Å². The lowest BCUT2D eigenvalue weighted by Crippen LogP contribution is -2.74. The van der Waals surface area contributed by atoms with E-state index in [1.165, 1.54) is 21.9 Å². The summed E-state index contributed by atoms with van der Waals surface area (Å²) in [6, 6.07) is 56.3. The van der Waals surface area contributed by atoms with Gasteiger partial charge in [-0.3, -0.25) is 4.79 Å². The van der Waals surface area contributed by atoms with Gasteiger partial charge in [0.15, 0.2) is 10.5 Å². The van der Waals surface area contributed by atoms with Crippen molar-refractivity contribution in [2.45, 2.75) is 4.90 Å². The van der Waals surface area contributed by atoms with Crippen LogP contribution in [0.15, 0.2) is 178 Å². The van der Waals surface area contributed by atoms with Crippen LogP contribution in [0, 0.1) is 0 Å². The Morgan fingerprint density at radius 2 is 0.829 bits per heavy atom. The molecular weight excluding hydrogens is 519 g/mol. The highest BCUT2D eigenvalue weighted by molar-refractivity contribution is 7.59. The molecular formula is C37H29BO2S. The second-order valence-electron chi connectivity index (χ2n) is 10.1. The lowest BCUT2D eigenvalue weighted by molar-refractivity contribution is 0.651. The largest absolute Gasteiger partial charge is 0.451 e. The molecule has 0 unspecified atom stereocenters. The minimum atomic E-state index is -1.22. The van der Waals surface area contributed by atoms with E-state index in [1.807, 2.05) is 24.3 Å². The first-order chi connectivity index (χ1) is 20.2. The highest BCUT2D eigenvalue weighted by Crippen LogP contribution is 2.21. The molecule has 7 rings (SSSR count). The number of hydrogen-bond acceptors (Lipinski definition) is 2. The van der Waals surface area contributed by atoms with E-state index in [4.69, 9.17) is 4.42 Å². The molecule has 0 saturated carbocycles. The molecule has 0 amide bonds. The van der Waals surface area contributed by atoms with Crippen LogP contribution in [-0.2, 0) is 12.6 Å². The monoisotopic (exact) mass is 548 g/mol. The summed E-state index contributed by atoms with van der Waals surface area (Å²) in [4.78, 5) is 13.0. The van der Waals surface area contributed by atoms with E-state index in [2.05, 4.69) is 134 Å². The van der Waals surface area contributed by atoms with Crippen LogP contribution in [0.4, 0.5) is 0 Å². The maximum atomic E-state index is 12.2. The number of hydrogen-bond donors (Lipinski definition) is 0. The Kier molecular flexibility index (Phi) is 7.57. The Bertz CT molecular complexity index is 1790. The van der Waals surface area contributed by atoms with Gasteiger partial charge in [0.25, 0.3) is 0 Å². The number of rotatable bonds is 4. The Hall–Kier alpha value is -4.80. The summed E-state index contributed by atoms with van der Waals surface area (Å²) >= 11 is 3.44. The van der Waals surface area contributed by atoms with Crippen molar-refractivity contribution in [2.75, 3.05) is 0 Å². The summed E-state index contributed by atoms with van der Waals surface area (Å²) in [5.74, 6) is 0. The van der Waals surface area contributed by atoms with Crippen LogP contribution in [-0.4, -0.2) is 6.15 Å². The van der Waals surface area contributed by atoms with Gasteiger partial charge in [-0.05, 0) is 36.9 Å². The quantitative estimate of drug-likeness (QED) is 0.168. The molecule has 7 aromatic rings. The van der Waals surface area contributed by atoms with Crippen molar-refractivity contribution in [1.29, 1.82) is 0 Å². The first-order valence-electron chi connectivity index (χ1n) is 13.7. The second kappa shape index (κ2) is 11.8. The van der Waals surface area contributed by atoms with Crippen molar-refractivity contribution in [2.24, 2.45) is 0 Å². The number of para-hydroxylation sites is 2. The Morgan fingerprint density at radius 3 is 1.29 bits per heavy atom. The van der Waals surface area contributed by atoms with Crippen LogP contribution in [0.25, 0.3) is 21.9 Å². The van der Waals surface area contributed by atoms with Crippen molar-refractivity contribution in [3.8, 4) is 0 Å². The summed E-state index contributed by atoms with van der Waals surface area (Å²) < 4.78 is 5.71. The molecule has 0 aliphatic rings. The van der Waals surface area contributed by atoms with Crippen molar-refractivity contribution < 1.29 is 4.42 Å². The van der Waals surface area contributed by atoms with Crippen LogP contribution < -0.4 is 27.3 Å². The second-order valence-corrected chi connectivity index (χ2v) is 10.7. The fourth-order valence-electron chi connectivity index (χ4n) is 5.95. The number of benzene rings is 6. The predicted octanol–water partition coefficient (Wildman–Crippen LogP) is 5.38. The molecule has 0 saturated heterocycles. The predicted molar refractivity (Wildman–Crippen MR) is 178 cm³/mol. The van der Waals surface area contributed by atoms with Crippen molar-refractivity contribution >= 4 is 62.6 Å². The van der Waals surface area contributed by atoms with Gasteiger partial charge in [-0.2, -0.15) is 21.9 Å². The Morgan fingerprint density at radius 1 is 0.439 bits per heavy atom. The summed E-state index contributed by atoms with van der Waals surface area (Å²) in [6.45, 7) is 0. The van der Waals surface area contributed by atoms with E-state index in [9.17, 15) is 4.79 Å². The van der Waals surface area contributed by atoms with E-state index in [-0.39, 0.29) is 5.43 Å². The summed E-state index contributed by atoms with van der Waals surface area (Å²) in [5.41, 5.74) is 6.58. The molecule has 0 atom stereocenters. The Labute approximate surface area is 245 Å². The third kappa shape index (κ3) is 4.99. The van der Waals surface area contributed by atoms with Crippen molar-refractivity contribution in [1.82, 2.24) is 0 Å². The molecule has 198 valence electrons. The van der Waals surface area contributed by atoms with Gasteiger partial charge in [0, 0.05) is 0 Å². The standard InChI is InChI=1S/C24H20B.C13H8O2S/c1-5-13-21(14-6-1)25(22-15-7-2-8-16-22,23-17-9-3-10-18-23)24-19-11-4-12-20-24;14-12-8-4-1-2-6-10(8)15-13-9(12)5-3-7-11(13)16/h1-20H;1-7,16H/q-1;/p+1. The molecule has 41 heavy (non-hydrogen) atoms. The summed E-state index contributed by atoms with van der Waals surface area (Å²) in [5, 5.41) is 1.22. The summed E-state index contributed by atoms with van der Waals surface area (Å²) in [7, 11) is 0. The van der Waals surface area contributed by atoms with Crippen LogP contribution in [0.1, 0.15) is 0 Å². The maximum Gasteiger partial charge on any atom is 0.200 e. The van der Waals surface area contributed by atoms with Gasteiger partial charge < -0.3 is 4.42 Å². The molecule has 0 fully saturated rings. The molecule has 4 heteroatoms. The van der Waals surface area contributed by atoms with Crippen molar-refractivity contribution in [3.05, 3.63) is 174 Å². The van der Waals surface area contributed by atoms with Crippen LogP contribution in [0.5, 0.6) is 0 Å². The van der Waals surface area contributed by atoms with E-state index in [0.29, 0.717) is 21.9 Å². The topological polar surface area (TPSA) is 30.2 Å². The fourth-order valence-corrected chi connectivity index (χ4v) is 6.23. The van der Waals surface area contributed by atoms with E-state index < -0.39 is 6.15 Å². The molecule has 0 radical (unpaired) electrons. The Balaban J connectivity index is 0.000000162. The van der Waals surface area contributed by atoms with Crippen LogP contribution >= 0.6 is 0 Å². The van der Waals surface area contributed by atoms with E-state index in [0.717, 1.165) is 4.90 Å². The zero-order valence-electron chi connectivity index (χ0n) is 22.5. The first kappa shape index (κ1) is 26.4. The van der Waals surface area contributed by atoms with Gasteiger partial charge in [-0.25, -0.2) is 0 Å². The molecule has 0 aliphatic carbocycles. The number of fused-ring (bicyclic) bond motifs is 2. The summed E-state index contributed by atoms with van der Waals surface area (Å²) in [6.07, 6.45) is -1.22. The smallest absolute Gasteiger partial charge is 0.200 e. The van der Waals surface area contributed by atoms with Crippen LogP contribution in [0.3, 0.4) is 0 Å². The first-order valence-corrected chi connectivity index (χ1v) is 14.2. The molecule has 6 aromatic carbocycles. The molecule has 0 aliphatic heterocycles. The fraction of sp³-hybridized carbons (Fsp3) is 0. The average molecular weight is 549 g/mol. The maximum absolute atomic E-state index is 12.2. The van der Waals surface area contributed by atoms with Crippen molar-refractivity contribution in [3.63, 3.8) is 0 Å². The third-order valence-corrected chi connectivity index (χ3v) is 8.20. The van der Waals surface area contributed by atoms with E-state index in [1.54, 1.807) is 18.2 Å². The average Bonchev–Trinajstić information content (AvgIpc) is 3.05. The van der Waals surface area contributed by atoms with E-state index >= 15 is 0 Å². The SMILES string of the molecule is O=c1c2ccccc2oc2c([SH2+])cccc12.c1ccc([B-](c2ccccc2)(c2ccccc2)c2ccccc2)cc1. The highest BCUT2D eigenvalue weighted by atomic mass is 32.1. The molecule has 1 aromatic heterocycles. The normalized spacial score (nSPS) is 11.1. The zero-order valence-corrected chi connectivity index (χ0v) is 23.5. The van der Waals surface area contributed by atoms with Gasteiger partial charge in [-0.15, -0.1) is 0 Å². The van der Waals surface area contributed by atoms with Gasteiger partial charge in [0.05, 0.1) is 10.8 Å². The van der Waals surface area contributed by atoms with Gasteiger partial charge in [0.1, 0.15) is 11.7 Å². The highest BCUT2D eigenvalue weighted by Gasteiger charge is 2.31. The lowest BCUT2D eigenvalue weighted by atomic mass is 9.13. The minimum Gasteiger partial charge on any atom is -0.451 e. The molecule has 0 bridgehead atoms. The lowest BCUT2D eigenvalue weighted by Gasteiger charge is -2.44.